The van der Waals surface area contributed by atoms with Gasteiger partial charge in [-0.05, 0) is 73.0 Å². The minimum atomic E-state index is -0.113. The fourth-order valence-electron chi connectivity index (χ4n) is 2.43. The van der Waals surface area contributed by atoms with Crippen LogP contribution < -0.4 is 11.1 Å². The molecule has 2 aromatic rings. The quantitative estimate of drug-likeness (QED) is 0.638. The fourth-order valence-corrected chi connectivity index (χ4v) is 3.33. The topological polar surface area (TPSA) is 67.5 Å². The van der Waals surface area contributed by atoms with Gasteiger partial charge in [0.05, 0.1) is 10.6 Å². The summed E-state index contributed by atoms with van der Waals surface area (Å²) in [5, 5.41) is 3.46. The smallest absolute Gasteiger partial charge is 0.264 e. The summed E-state index contributed by atoms with van der Waals surface area (Å²) in [7, 11) is 0. The van der Waals surface area contributed by atoms with Gasteiger partial charge in [0, 0.05) is 5.69 Å². The lowest BCUT2D eigenvalue weighted by Gasteiger charge is -2.04. The van der Waals surface area contributed by atoms with Crippen LogP contribution in [0.4, 0.5) is 11.4 Å². The van der Waals surface area contributed by atoms with E-state index < -0.39 is 0 Å². The Balaban J connectivity index is 1.93. The van der Waals surface area contributed by atoms with Crippen molar-refractivity contribution < 1.29 is 4.79 Å². The van der Waals surface area contributed by atoms with Gasteiger partial charge < -0.3 is 11.1 Å². The number of amidine groups is 1. The van der Waals surface area contributed by atoms with Crippen LogP contribution >= 0.6 is 11.8 Å². The van der Waals surface area contributed by atoms with Gasteiger partial charge in [-0.25, -0.2) is 4.99 Å². The number of nitrogen functional groups attached to an aromatic ring is 1. The van der Waals surface area contributed by atoms with Crippen molar-refractivity contribution in [1.82, 2.24) is 5.32 Å². The molecule has 122 valence electrons. The van der Waals surface area contributed by atoms with Crippen molar-refractivity contribution in [1.29, 1.82) is 0 Å². The van der Waals surface area contributed by atoms with Crippen LogP contribution in [0, 0.1) is 13.8 Å². The van der Waals surface area contributed by atoms with Crippen LogP contribution in [0.5, 0.6) is 0 Å². The molecule has 0 saturated carbocycles. The van der Waals surface area contributed by atoms with Crippen molar-refractivity contribution in [2.24, 2.45) is 4.99 Å². The van der Waals surface area contributed by atoms with Gasteiger partial charge in [-0.15, -0.1) is 0 Å². The predicted octanol–water partition coefficient (Wildman–Crippen LogP) is 4.17. The monoisotopic (exact) mass is 337 g/mol. The molecule has 0 aromatic heterocycles. The second-order valence-corrected chi connectivity index (χ2v) is 6.84. The maximum atomic E-state index is 12.3. The molecule has 0 radical (unpaired) electrons. The van der Waals surface area contributed by atoms with Gasteiger partial charge in [0.15, 0.2) is 5.17 Å². The van der Waals surface area contributed by atoms with Gasteiger partial charge in [0.1, 0.15) is 0 Å². The van der Waals surface area contributed by atoms with Crippen molar-refractivity contribution in [2.45, 2.75) is 20.8 Å². The number of hydrogen-bond donors (Lipinski definition) is 2. The number of carbonyl (C=O) groups is 1. The summed E-state index contributed by atoms with van der Waals surface area (Å²) in [4.78, 5) is 17.6. The number of carbonyl (C=O) groups excluding carboxylic acids is 1. The Morgan fingerprint density at radius 3 is 2.54 bits per heavy atom. The molecule has 1 aliphatic heterocycles. The molecule has 1 aliphatic rings. The molecule has 0 unspecified atom stereocenters. The van der Waals surface area contributed by atoms with Gasteiger partial charge in [0.2, 0.25) is 0 Å². The Hall–Kier alpha value is -2.53. The van der Waals surface area contributed by atoms with Crippen molar-refractivity contribution >= 4 is 39.8 Å². The average molecular weight is 337 g/mol. The molecule has 1 fully saturated rings. The third kappa shape index (κ3) is 3.36. The highest BCUT2D eigenvalue weighted by molar-refractivity contribution is 8.18. The number of hydrogen-bond acceptors (Lipinski definition) is 4. The van der Waals surface area contributed by atoms with Crippen LogP contribution in [0.1, 0.15) is 23.6 Å². The lowest BCUT2D eigenvalue weighted by atomic mass is 10.1. The molecule has 0 spiro atoms. The zero-order chi connectivity index (χ0) is 17.3. The Labute approximate surface area is 145 Å². The Morgan fingerprint density at radius 1 is 1.12 bits per heavy atom. The Morgan fingerprint density at radius 2 is 1.83 bits per heavy atom. The van der Waals surface area contributed by atoms with E-state index in [-0.39, 0.29) is 5.91 Å². The molecule has 2 aromatic carbocycles. The van der Waals surface area contributed by atoms with Crippen molar-refractivity contribution in [3.8, 4) is 0 Å². The first kappa shape index (κ1) is 16.3. The molecule has 0 bridgehead atoms. The molecule has 0 atom stereocenters. The molecule has 1 heterocycles. The zero-order valence-corrected chi connectivity index (χ0v) is 14.7. The van der Waals surface area contributed by atoms with E-state index in [4.69, 9.17) is 5.73 Å². The number of aliphatic imine (C=N–C) groups is 1. The summed E-state index contributed by atoms with van der Waals surface area (Å²) in [6.45, 7) is 5.98. The van der Waals surface area contributed by atoms with Crippen molar-refractivity contribution in [3.63, 3.8) is 0 Å². The van der Waals surface area contributed by atoms with Crippen LogP contribution in [0.2, 0.25) is 0 Å². The molecule has 0 aliphatic carbocycles. The normalized spacial score (nSPS) is 18.0. The fraction of sp³-hybridized carbons (Fsp3) is 0.158. The van der Waals surface area contributed by atoms with Gasteiger partial charge in [-0.2, -0.15) is 0 Å². The molecular formula is C19H19N3OS. The molecule has 3 rings (SSSR count). The molecule has 3 N–H and O–H groups in total. The standard InChI is InChI=1S/C19H19N3OS/c1-11-4-5-12(2)16(10-11)21-19-22-18(23)17(24-19)13(3)14-6-8-15(20)9-7-14/h4-10H,20H2,1-3H3,(H,21,22,23)/b17-13-. The maximum Gasteiger partial charge on any atom is 0.264 e. The second-order valence-electron chi connectivity index (χ2n) is 5.84. The predicted molar refractivity (Wildman–Crippen MR) is 102 cm³/mol. The van der Waals surface area contributed by atoms with Crippen LogP contribution in [0.25, 0.3) is 5.57 Å². The van der Waals surface area contributed by atoms with E-state index in [2.05, 4.69) is 16.4 Å². The molecule has 1 amide bonds. The number of aryl methyl sites for hydroxylation is 2. The van der Waals surface area contributed by atoms with E-state index in [1.165, 1.54) is 11.8 Å². The zero-order valence-electron chi connectivity index (χ0n) is 13.9. The van der Waals surface area contributed by atoms with E-state index in [0.717, 1.165) is 28.0 Å². The molecule has 4 nitrogen and oxygen atoms in total. The number of nitrogens with zero attached hydrogens (tertiary/aromatic N) is 1. The van der Waals surface area contributed by atoms with Gasteiger partial charge in [0.25, 0.3) is 5.91 Å². The summed E-state index contributed by atoms with van der Waals surface area (Å²) < 4.78 is 0. The van der Waals surface area contributed by atoms with Crippen LogP contribution in [-0.2, 0) is 4.79 Å². The van der Waals surface area contributed by atoms with Gasteiger partial charge in [-0.1, -0.05) is 24.3 Å². The summed E-state index contributed by atoms with van der Waals surface area (Å²) >= 11 is 1.37. The van der Waals surface area contributed by atoms with E-state index in [9.17, 15) is 4.79 Å². The number of anilines is 1. The Kier molecular flexibility index (Phi) is 4.44. The highest BCUT2D eigenvalue weighted by atomic mass is 32.2. The first-order valence-corrected chi connectivity index (χ1v) is 8.47. The maximum absolute atomic E-state index is 12.3. The summed E-state index contributed by atoms with van der Waals surface area (Å²) in [5.41, 5.74) is 11.4. The minimum Gasteiger partial charge on any atom is -0.399 e. The first-order valence-electron chi connectivity index (χ1n) is 7.66. The molecule has 1 saturated heterocycles. The van der Waals surface area contributed by atoms with E-state index in [1.54, 1.807) is 0 Å². The number of thioether (sulfide) groups is 1. The highest BCUT2D eigenvalue weighted by Crippen LogP contribution is 2.33. The third-order valence-corrected chi connectivity index (χ3v) is 4.98. The third-order valence-electron chi connectivity index (χ3n) is 3.90. The number of nitrogens with one attached hydrogen (secondary N) is 1. The lowest BCUT2D eigenvalue weighted by molar-refractivity contribution is -0.115. The summed E-state index contributed by atoms with van der Waals surface area (Å²) in [6.07, 6.45) is 0. The SMILES string of the molecule is C/C(=C1/SC(=Nc2cc(C)ccc2C)NC1=O)c1ccc(N)cc1. The van der Waals surface area contributed by atoms with E-state index in [1.807, 2.05) is 57.2 Å². The number of allylic oxidation sites excluding steroid dienone is 1. The van der Waals surface area contributed by atoms with Crippen molar-refractivity contribution in [3.05, 3.63) is 64.1 Å². The summed E-state index contributed by atoms with van der Waals surface area (Å²) in [5.74, 6) is -0.113. The van der Waals surface area contributed by atoms with E-state index >= 15 is 0 Å². The van der Waals surface area contributed by atoms with Crippen LogP contribution in [0.3, 0.4) is 0 Å². The number of nitrogens with two attached hydrogens (primary N) is 1. The van der Waals surface area contributed by atoms with E-state index in [0.29, 0.717) is 15.8 Å². The average Bonchev–Trinajstić information content (AvgIpc) is 2.91. The number of rotatable bonds is 2. The van der Waals surface area contributed by atoms with Crippen LogP contribution in [-0.4, -0.2) is 11.1 Å². The first-order chi connectivity index (χ1) is 11.4. The number of benzene rings is 2. The minimum absolute atomic E-state index is 0.113. The van der Waals surface area contributed by atoms with Crippen molar-refractivity contribution in [2.75, 3.05) is 5.73 Å². The van der Waals surface area contributed by atoms with Gasteiger partial charge >= 0.3 is 0 Å². The number of amides is 1. The van der Waals surface area contributed by atoms with Crippen LogP contribution in [0.15, 0.2) is 52.4 Å². The second kappa shape index (κ2) is 6.53. The molecule has 5 heteroatoms. The highest BCUT2D eigenvalue weighted by Gasteiger charge is 2.26. The lowest BCUT2D eigenvalue weighted by Crippen LogP contribution is -2.19. The summed E-state index contributed by atoms with van der Waals surface area (Å²) in [6, 6.07) is 13.6. The largest absolute Gasteiger partial charge is 0.399 e. The molecule has 24 heavy (non-hydrogen) atoms. The Bertz CT molecular complexity index is 867. The molecular weight excluding hydrogens is 318 g/mol. The van der Waals surface area contributed by atoms with Gasteiger partial charge in [-0.3, -0.25) is 4.79 Å².